The van der Waals surface area contributed by atoms with Crippen LogP contribution in [0.3, 0.4) is 0 Å². The molecule has 2 rings (SSSR count). The van der Waals surface area contributed by atoms with Crippen LogP contribution in [0.2, 0.25) is 0 Å². The molecule has 1 saturated heterocycles. The maximum absolute atomic E-state index is 12.5. The van der Waals surface area contributed by atoms with Gasteiger partial charge in [0.05, 0.1) is 24.7 Å². The molecule has 0 aromatic heterocycles. The van der Waals surface area contributed by atoms with Crippen LogP contribution in [0.15, 0.2) is 30.3 Å². The molecule has 1 aliphatic heterocycles. The standard InChI is InChI=1S/C15H21NO3/c1-15(2,13(17)12-6-4-3-5-7-12)14(18)16-8-10-19-11-9-16/h3-7,13,17H,8-11H2,1-2H3/t13-/m1/s1. The molecule has 104 valence electrons. The molecule has 1 heterocycles. The third kappa shape index (κ3) is 2.96. The van der Waals surface area contributed by atoms with Crippen LogP contribution in [0, 0.1) is 5.41 Å². The van der Waals surface area contributed by atoms with E-state index in [1.54, 1.807) is 18.7 Å². The first-order chi connectivity index (χ1) is 9.03. The number of rotatable bonds is 3. The van der Waals surface area contributed by atoms with Crippen LogP contribution in [0.25, 0.3) is 0 Å². The zero-order valence-electron chi connectivity index (χ0n) is 11.5. The third-order valence-corrected chi connectivity index (χ3v) is 3.65. The van der Waals surface area contributed by atoms with Crippen LogP contribution in [-0.4, -0.2) is 42.2 Å². The van der Waals surface area contributed by atoms with Gasteiger partial charge in [-0.15, -0.1) is 0 Å². The maximum Gasteiger partial charge on any atom is 0.231 e. The van der Waals surface area contributed by atoms with E-state index in [1.165, 1.54) is 0 Å². The minimum atomic E-state index is -0.835. The minimum Gasteiger partial charge on any atom is -0.387 e. The molecule has 1 aromatic carbocycles. The summed E-state index contributed by atoms with van der Waals surface area (Å²) in [6.07, 6.45) is -0.802. The Morgan fingerprint density at radius 1 is 1.26 bits per heavy atom. The van der Waals surface area contributed by atoms with E-state index in [1.807, 2.05) is 30.3 Å². The number of benzene rings is 1. The predicted molar refractivity (Wildman–Crippen MR) is 72.6 cm³/mol. The number of carbonyl (C=O) groups is 1. The van der Waals surface area contributed by atoms with Gasteiger partial charge in [0.25, 0.3) is 0 Å². The molecule has 1 atom stereocenters. The lowest BCUT2D eigenvalue weighted by molar-refractivity contribution is -0.151. The minimum absolute atomic E-state index is 0.0212. The van der Waals surface area contributed by atoms with Crippen LogP contribution in [0.1, 0.15) is 25.5 Å². The second-order valence-electron chi connectivity index (χ2n) is 5.44. The molecule has 1 aromatic rings. The Labute approximate surface area is 114 Å². The molecule has 1 aliphatic rings. The van der Waals surface area contributed by atoms with Gasteiger partial charge in [0.2, 0.25) is 5.91 Å². The van der Waals surface area contributed by atoms with E-state index in [9.17, 15) is 9.90 Å². The van der Waals surface area contributed by atoms with Gasteiger partial charge in [-0.3, -0.25) is 4.79 Å². The summed E-state index contributed by atoms with van der Waals surface area (Å²) < 4.78 is 5.25. The molecular weight excluding hydrogens is 242 g/mol. The van der Waals surface area contributed by atoms with E-state index in [0.717, 1.165) is 5.56 Å². The summed E-state index contributed by atoms with van der Waals surface area (Å²) >= 11 is 0. The summed E-state index contributed by atoms with van der Waals surface area (Å²) in [4.78, 5) is 14.3. The summed E-state index contributed by atoms with van der Waals surface area (Å²) in [6, 6.07) is 9.33. The molecular formula is C15H21NO3. The number of aliphatic hydroxyl groups is 1. The Hall–Kier alpha value is -1.39. The average Bonchev–Trinajstić information content (AvgIpc) is 2.47. The van der Waals surface area contributed by atoms with Crippen molar-refractivity contribution >= 4 is 5.91 Å². The highest BCUT2D eigenvalue weighted by molar-refractivity contribution is 5.83. The van der Waals surface area contributed by atoms with Crippen molar-refractivity contribution in [1.82, 2.24) is 4.90 Å². The lowest BCUT2D eigenvalue weighted by atomic mass is 9.81. The molecule has 4 heteroatoms. The fourth-order valence-corrected chi connectivity index (χ4v) is 2.34. The SMILES string of the molecule is CC(C)(C(=O)N1CCOCC1)[C@H](O)c1ccccc1. The zero-order chi connectivity index (χ0) is 13.9. The summed E-state index contributed by atoms with van der Waals surface area (Å²) in [5, 5.41) is 10.5. The monoisotopic (exact) mass is 263 g/mol. The Morgan fingerprint density at radius 3 is 2.42 bits per heavy atom. The molecule has 0 radical (unpaired) electrons. The van der Waals surface area contributed by atoms with Crippen LogP contribution < -0.4 is 0 Å². The number of ether oxygens (including phenoxy) is 1. The van der Waals surface area contributed by atoms with Crippen molar-refractivity contribution in [3.63, 3.8) is 0 Å². The highest BCUT2D eigenvalue weighted by Crippen LogP contribution is 2.35. The quantitative estimate of drug-likeness (QED) is 0.901. The highest BCUT2D eigenvalue weighted by Gasteiger charge is 2.39. The highest BCUT2D eigenvalue weighted by atomic mass is 16.5. The summed E-state index contributed by atoms with van der Waals surface area (Å²) in [7, 11) is 0. The number of hydrogen-bond donors (Lipinski definition) is 1. The number of hydrogen-bond acceptors (Lipinski definition) is 3. The van der Waals surface area contributed by atoms with Crippen molar-refractivity contribution in [2.24, 2.45) is 5.41 Å². The van der Waals surface area contributed by atoms with Gasteiger partial charge in [0, 0.05) is 13.1 Å². The van der Waals surface area contributed by atoms with Gasteiger partial charge in [-0.25, -0.2) is 0 Å². The Bertz CT molecular complexity index is 424. The van der Waals surface area contributed by atoms with Gasteiger partial charge in [0.15, 0.2) is 0 Å². The molecule has 19 heavy (non-hydrogen) atoms. The zero-order valence-corrected chi connectivity index (χ0v) is 11.5. The smallest absolute Gasteiger partial charge is 0.231 e. The second kappa shape index (κ2) is 5.72. The van der Waals surface area contributed by atoms with Gasteiger partial charge in [0.1, 0.15) is 0 Å². The van der Waals surface area contributed by atoms with Gasteiger partial charge >= 0.3 is 0 Å². The van der Waals surface area contributed by atoms with Gasteiger partial charge in [-0.2, -0.15) is 0 Å². The first kappa shape index (κ1) is 14.0. The first-order valence-electron chi connectivity index (χ1n) is 6.63. The van der Waals surface area contributed by atoms with Crippen molar-refractivity contribution in [3.8, 4) is 0 Å². The molecule has 0 saturated carbocycles. The number of nitrogens with zero attached hydrogens (tertiary/aromatic N) is 1. The average molecular weight is 263 g/mol. The van der Waals surface area contributed by atoms with E-state index in [-0.39, 0.29) is 5.91 Å². The summed E-state index contributed by atoms with van der Waals surface area (Å²) in [6.45, 7) is 5.94. The number of aliphatic hydroxyl groups excluding tert-OH is 1. The fourth-order valence-electron chi connectivity index (χ4n) is 2.34. The van der Waals surface area contributed by atoms with Crippen LogP contribution in [0.4, 0.5) is 0 Å². The van der Waals surface area contributed by atoms with Gasteiger partial charge in [-0.05, 0) is 19.4 Å². The number of morpholine rings is 1. The lowest BCUT2D eigenvalue weighted by Crippen LogP contribution is -2.48. The molecule has 1 amide bonds. The molecule has 0 bridgehead atoms. The first-order valence-corrected chi connectivity index (χ1v) is 6.63. The van der Waals surface area contributed by atoms with Crippen molar-refractivity contribution in [3.05, 3.63) is 35.9 Å². The fraction of sp³-hybridized carbons (Fsp3) is 0.533. The van der Waals surface area contributed by atoms with Crippen LogP contribution >= 0.6 is 0 Å². The van der Waals surface area contributed by atoms with Crippen molar-refractivity contribution in [1.29, 1.82) is 0 Å². The number of carbonyl (C=O) groups excluding carboxylic acids is 1. The van der Waals surface area contributed by atoms with E-state index < -0.39 is 11.5 Å². The van der Waals surface area contributed by atoms with Gasteiger partial charge in [-0.1, -0.05) is 30.3 Å². The van der Waals surface area contributed by atoms with Crippen molar-refractivity contribution in [2.45, 2.75) is 20.0 Å². The summed E-state index contributed by atoms with van der Waals surface area (Å²) in [5.41, 5.74) is -0.0623. The maximum atomic E-state index is 12.5. The second-order valence-corrected chi connectivity index (χ2v) is 5.44. The molecule has 0 unspecified atom stereocenters. The van der Waals surface area contributed by atoms with Gasteiger partial charge < -0.3 is 14.7 Å². The van der Waals surface area contributed by atoms with Crippen molar-refractivity contribution in [2.75, 3.05) is 26.3 Å². The van der Waals surface area contributed by atoms with Crippen LogP contribution in [0.5, 0.6) is 0 Å². The third-order valence-electron chi connectivity index (χ3n) is 3.65. The normalized spacial score (nSPS) is 18.2. The Kier molecular flexibility index (Phi) is 4.22. The largest absolute Gasteiger partial charge is 0.387 e. The topological polar surface area (TPSA) is 49.8 Å². The summed E-state index contributed by atoms with van der Waals surface area (Å²) in [5.74, 6) is -0.0212. The van der Waals surface area contributed by atoms with E-state index in [0.29, 0.717) is 26.3 Å². The molecule has 0 aliphatic carbocycles. The molecule has 4 nitrogen and oxygen atoms in total. The Morgan fingerprint density at radius 2 is 1.84 bits per heavy atom. The molecule has 0 spiro atoms. The lowest BCUT2D eigenvalue weighted by Gasteiger charge is -2.37. The van der Waals surface area contributed by atoms with E-state index in [4.69, 9.17) is 4.74 Å². The van der Waals surface area contributed by atoms with Crippen molar-refractivity contribution < 1.29 is 14.6 Å². The van der Waals surface area contributed by atoms with E-state index >= 15 is 0 Å². The Balaban J connectivity index is 2.14. The van der Waals surface area contributed by atoms with Crippen LogP contribution in [-0.2, 0) is 9.53 Å². The molecule has 1 N–H and O–H groups in total. The predicted octanol–water partition coefficient (Wildman–Crippen LogP) is 1.61. The number of amides is 1. The van der Waals surface area contributed by atoms with E-state index in [2.05, 4.69) is 0 Å². The molecule has 1 fully saturated rings.